The normalized spacial score (nSPS) is 10.6. The van der Waals surface area contributed by atoms with Gasteiger partial charge >= 0.3 is 0 Å². The molecule has 3 rings (SSSR count). The molecule has 1 aromatic heterocycles. The third-order valence-electron chi connectivity index (χ3n) is 3.55. The Morgan fingerprint density at radius 3 is 2.36 bits per heavy atom. The van der Waals surface area contributed by atoms with E-state index in [1.54, 1.807) is 18.8 Å². The van der Waals surface area contributed by atoms with E-state index in [0.29, 0.717) is 12.3 Å². The van der Waals surface area contributed by atoms with E-state index in [4.69, 9.17) is 9.47 Å². The Balaban J connectivity index is 2.07. The molecule has 3 aromatic rings. The van der Waals surface area contributed by atoms with Gasteiger partial charge in [0.1, 0.15) is 11.5 Å². The molecule has 0 bridgehead atoms. The first kappa shape index (κ1) is 14.1. The molecule has 2 aromatic carbocycles. The van der Waals surface area contributed by atoms with Crippen LogP contribution in [0.25, 0.3) is 11.0 Å². The predicted octanol–water partition coefficient (Wildman–Crippen LogP) is 2.46. The molecule has 0 saturated heterocycles. The molecule has 0 spiro atoms. The van der Waals surface area contributed by atoms with Gasteiger partial charge in [-0.05, 0) is 29.8 Å². The average Bonchev–Trinajstić information content (AvgIpc) is 2.57. The molecular weight excluding hydrogens is 280 g/mol. The van der Waals surface area contributed by atoms with Crippen LogP contribution in [0, 0.1) is 0 Å². The van der Waals surface area contributed by atoms with Crippen molar-refractivity contribution in [1.29, 1.82) is 0 Å². The van der Waals surface area contributed by atoms with E-state index in [1.165, 1.54) is 6.20 Å². The zero-order valence-electron chi connectivity index (χ0n) is 12.4. The molecule has 0 aliphatic rings. The van der Waals surface area contributed by atoms with E-state index >= 15 is 0 Å². The molecule has 0 unspecified atom stereocenters. The van der Waals surface area contributed by atoms with Gasteiger partial charge in [-0.2, -0.15) is 0 Å². The van der Waals surface area contributed by atoms with Crippen LogP contribution in [-0.4, -0.2) is 23.8 Å². The van der Waals surface area contributed by atoms with E-state index in [0.717, 1.165) is 22.3 Å². The SMILES string of the molecule is COc1ccc(Cn2c(=O)cnc3ccc(OC)cc32)cc1. The minimum Gasteiger partial charge on any atom is -0.497 e. The van der Waals surface area contributed by atoms with E-state index in [-0.39, 0.29) is 5.56 Å². The van der Waals surface area contributed by atoms with Crippen LogP contribution in [-0.2, 0) is 6.54 Å². The zero-order chi connectivity index (χ0) is 15.5. The summed E-state index contributed by atoms with van der Waals surface area (Å²) in [5.41, 5.74) is 2.38. The summed E-state index contributed by atoms with van der Waals surface area (Å²) in [6.45, 7) is 0.467. The summed E-state index contributed by atoms with van der Waals surface area (Å²) >= 11 is 0. The lowest BCUT2D eigenvalue weighted by Gasteiger charge is -2.11. The van der Waals surface area contributed by atoms with Crippen LogP contribution in [0.15, 0.2) is 53.5 Å². The van der Waals surface area contributed by atoms with Gasteiger partial charge in [0.2, 0.25) is 0 Å². The fraction of sp³-hybridized carbons (Fsp3) is 0.176. The minimum atomic E-state index is -0.142. The lowest BCUT2D eigenvalue weighted by Crippen LogP contribution is -2.21. The van der Waals surface area contributed by atoms with Gasteiger partial charge in [-0.15, -0.1) is 0 Å². The number of methoxy groups -OCH3 is 2. The quantitative estimate of drug-likeness (QED) is 0.742. The van der Waals surface area contributed by atoms with Gasteiger partial charge in [0.25, 0.3) is 5.56 Å². The third kappa shape index (κ3) is 2.65. The van der Waals surface area contributed by atoms with Gasteiger partial charge in [0.15, 0.2) is 0 Å². The fourth-order valence-corrected chi connectivity index (χ4v) is 2.35. The van der Waals surface area contributed by atoms with Gasteiger partial charge in [0.05, 0.1) is 38.0 Å². The molecule has 22 heavy (non-hydrogen) atoms. The number of hydrogen-bond acceptors (Lipinski definition) is 4. The summed E-state index contributed by atoms with van der Waals surface area (Å²) in [4.78, 5) is 16.4. The minimum absolute atomic E-state index is 0.142. The van der Waals surface area contributed by atoms with Gasteiger partial charge in [0, 0.05) is 6.07 Å². The summed E-state index contributed by atoms with van der Waals surface area (Å²) in [7, 11) is 3.23. The Kier molecular flexibility index (Phi) is 3.78. The third-order valence-corrected chi connectivity index (χ3v) is 3.55. The monoisotopic (exact) mass is 296 g/mol. The van der Waals surface area contributed by atoms with Crippen molar-refractivity contribution >= 4 is 11.0 Å². The number of aromatic nitrogens is 2. The number of nitrogens with zero attached hydrogens (tertiary/aromatic N) is 2. The van der Waals surface area contributed by atoms with Crippen molar-refractivity contribution in [1.82, 2.24) is 9.55 Å². The Hall–Kier alpha value is -2.82. The van der Waals surface area contributed by atoms with Crippen LogP contribution in [0.3, 0.4) is 0 Å². The van der Waals surface area contributed by atoms with Crippen molar-refractivity contribution < 1.29 is 9.47 Å². The standard InChI is InChI=1S/C17H16N2O3/c1-21-13-5-3-12(4-6-13)11-19-16-9-14(22-2)7-8-15(16)18-10-17(19)20/h3-10H,11H2,1-2H3. The average molecular weight is 296 g/mol. The summed E-state index contributed by atoms with van der Waals surface area (Å²) in [6, 6.07) is 13.1. The summed E-state index contributed by atoms with van der Waals surface area (Å²) in [5.74, 6) is 1.49. The second kappa shape index (κ2) is 5.89. The molecule has 0 N–H and O–H groups in total. The van der Waals surface area contributed by atoms with E-state index in [1.807, 2.05) is 42.5 Å². The maximum absolute atomic E-state index is 12.2. The molecular formula is C17H16N2O3. The van der Waals surface area contributed by atoms with Gasteiger partial charge < -0.3 is 14.0 Å². The molecule has 0 amide bonds. The van der Waals surface area contributed by atoms with Crippen LogP contribution in [0.1, 0.15) is 5.56 Å². The number of hydrogen-bond donors (Lipinski definition) is 0. The Morgan fingerprint density at radius 2 is 1.68 bits per heavy atom. The maximum Gasteiger partial charge on any atom is 0.269 e. The molecule has 0 atom stereocenters. The summed E-state index contributed by atoms with van der Waals surface area (Å²) in [6.07, 6.45) is 1.35. The van der Waals surface area contributed by atoms with Gasteiger partial charge in [-0.3, -0.25) is 4.79 Å². The molecule has 5 heteroatoms. The number of rotatable bonds is 4. The molecule has 1 heterocycles. The van der Waals surface area contributed by atoms with Crippen molar-refractivity contribution in [2.75, 3.05) is 14.2 Å². The lowest BCUT2D eigenvalue weighted by atomic mass is 10.2. The van der Waals surface area contributed by atoms with Crippen molar-refractivity contribution in [2.45, 2.75) is 6.54 Å². The molecule has 0 saturated carbocycles. The summed E-state index contributed by atoms with van der Waals surface area (Å²) in [5, 5.41) is 0. The van der Waals surface area contributed by atoms with Crippen LogP contribution >= 0.6 is 0 Å². The van der Waals surface area contributed by atoms with Crippen molar-refractivity contribution in [3.05, 3.63) is 64.6 Å². The Bertz CT molecular complexity index is 854. The smallest absolute Gasteiger partial charge is 0.269 e. The highest BCUT2D eigenvalue weighted by Crippen LogP contribution is 2.19. The highest BCUT2D eigenvalue weighted by Gasteiger charge is 2.07. The number of ether oxygens (including phenoxy) is 2. The van der Waals surface area contributed by atoms with Crippen LogP contribution in [0.4, 0.5) is 0 Å². The molecule has 0 aliphatic heterocycles. The van der Waals surface area contributed by atoms with Crippen LogP contribution in [0.2, 0.25) is 0 Å². The Labute approximate surface area is 127 Å². The first-order valence-electron chi connectivity index (χ1n) is 6.88. The number of fused-ring (bicyclic) bond motifs is 1. The van der Waals surface area contributed by atoms with E-state index in [2.05, 4.69) is 4.98 Å². The molecule has 0 fully saturated rings. The fourth-order valence-electron chi connectivity index (χ4n) is 2.35. The first-order chi connectivity index (χ1) is 10.7. The summed E-state index contributed by atoms with van der Waals surface area (Å²) < 4.78 is 12.1. The Morgan fingerprint density at radius 1 is 1.00 bits per heavy atom. The van der Waals surface area contributed by atoms with Gasteiger partial charge in [-0.1, -0.05) is 12.1 Å². The molecule has 112 valence electrons. The van der Waals surface area contributed by atoms with Crippen molar-refractivity contribution in [2.24, 2.45) is 0 Å². The molecule has 0 aliphatic carbocycles. The second-order valence-corrected chi connectivity index (χ2v) is 4.89. The lowest BCUT2D eigenvalue weighted by molar-refractivity contribution is 0.414. The predicted molar refractivity (Wildman–Crippen MR) is 84.7 cm³/mol. The highest BCUT2D eigenvalue weighted by atomic mass is 16.5. The second-order valence-electron chi connectivity index (χ2n) is 4.89. The zero-order valence-corrected chi connectivity index (χ0v) is 12.4. The largest absolute Gasteiger partial charge is 0.497 e. The van der Waals surface area contributed by atoms with E-state index < -0.39 is 0 Å². The van der Waals surface area contributed by atoms with Crippen molar-refractivity contribution in [3.8, 4) is 11.5 Å². The van der Waals surface area contributed by atoms with Gasteiger partial charge in [-0.25, -0.2) is 4.98 Å². The topological polar surface area (TPSA) is 53.4 Å². The maximum atomic E-state index is 12.2. The first-order valence-corrected chi connectivity index (χ1v) is 6.88. The van der Waals surface area contributed by atoms with Crippen LogP contribution < -0.4 is 15.0 Å². The molecule has 0 radical (unpaired) electrons. The van der Waals surface area contributed by atoms with Crippen molar-refractivity contribution in [3.63, 3.8) is 0 Å². The van der Waals surface area contributed by atoms with Crippen LogP contribution in [0.5, 0.6) is 11.5 Å². The van der Waals surface area contributed by atoms with E-state index in [9.17, 15) is 4.79 Å². The molecule has 5 nitrogen and oxygen atoms in total. The highest BCUT2D eigenvalue weighted by molar-refractivity contribution is 5.76. The number of benzene rings is 2.